The lowest BCUT2D eigenvalue weighted by molar-refractivity contribution is -0.174. The molecule has 1 unspecified atom stereocenters. The lowest BCUT2D eigenvalue weighted by Gasteiger charge is -2.62. The van der Waals surface area contributed by atoms with Crippen molar-refractivity contribution in [3.63, 3.8) is 0 Å². The van der Waals surface area contributed by atoms with E-state index in [1.165, 1.54) is 31.9 Å². The average molecular weight is 495 g/mol. The molecule has 36 heavy (non-hydrogen) atoms. The van der Waals surface area contributed by atoms with Crippen molar-refractivity contribution in [1.82, 2.24) is 9.97 Å². The Kier molecular flexibility index (Phi) is 6.07. The highest BCUT2D eigenvalue weighted by molar-refractivity contribution is 5.75. The summed E-state index contributed by atoms with van der Waals surface area (Å²) in [7, 11) is 0. The number of hydrogen-bond donors (Lipinski definition) is 2. The van der Waals surface area contributed by atoms with Gasteiger partial charge in [0, 0.05) is 18.8 Å². The first-order valence-electron chi connectivity index (χ1n) is 14.3. The maximum absolute atomic E-state index is 12.4. The van der Waals surface area contributed by atoms with E-state index in [-0.39, 0.29) is 28.7 Å². The highest BCUT2D eigenvalue weighted by Crippen LogP contribution is 2.68. The van der Waals surface area contributed by atoms with Gasteiger partial charge in [-0.05, 0) is 110 Å². The molecule has 0 radical (unpaired) electrons. The van der Waals surface area contributed by atoms with Gasteiger partial charge in [-0.15, -0.1) is 0 Å². The van der Waals surface area contributed by atoms with Crippen molar-refractivity contribution < 1.29 is 14.6 Å². The summed E-state index contributed by atoms with van der Waals surface area (Å²) in [6, 6.07) is 1.77. The number of pyridine rings is 1. The number of aromatic nitrogens is 2. The van der Waals surface area contributed by atoms with Crippen LogP contribution in [0.1, 0.15) is 84.4 Å². The van der Waals surface area contributed by atoms with Crippen LogP contribution in [-0.4, -0.2) is 32.4 Å². The smallest absolute Gasteiger partial charge is 0.348 e. The first-order valence-corrected chi connectivity index (χ1v) is 14.3. The predicted molar refractivity (Wildman–Crippen MR) is 138 cm³/mol. The van der Waals surface area contributed by atoms with E-state index in [4.69, 9.17) is 4.42 Å². The maximum Gasteiger partial charge on any atom is 0.348 e. The van der Waals surface area contributed by atoms with Crippen LogP contribution in [0.15, 0.2) is 27.7 Å². The molecule has 4 aliphatic carbocycles. The molecule has 196 valence electrons. The van der Waals surface area contributed by atoms with E-state index in [1.807, 2.05) is 0 Å². The second kappa shape index (κ2) is 8.90. The van der Waals surface area contributed by atoms with Crippen molar-refractivity contribution in [2.24, 2.45) is 46.3 Å². The van der Waals surface area contributed by atoms with Gasteiger partial charge in [-0.3, -0.25) is 4.98 Å². The highest BCUT2D eigenvalue weighted by Gasteiger charge is 2.62. The zero-order valence-electron chi connectivity index (χ0n) is 22.0. The monoisotopic (exact) mass is 494 g/mol. The van der Waals surface area contributed by atoms with Gasteiger partial charge < -0.3 is 14.6 Å². The van der Waals surface area contributed by atoms with E-state index < -0.39 is 0 Å². The zero-order chi connectivity index (χ0) is 25.2. The van der Waals surface area contributed by atoms with Crippen LogP contribution in [0.4, 0.5) is 0 Å². The van der Waals surface area contributed by atoms with Gasteiger partial charge in [0.05, 0.1) is 17.7 Å². The van der Waals surface area contributed by atoms with E-state index in [0.717, 1.165) is 32.1 Å². The van der Waals surface area contributed by atoms with Gasteiger partial charge in [0.1, 0.15) is 5.39 Å². The van der Waals surface area contributed by atoms with Crippen LogP contribution in [0.3, 0.4) is 0 Å². The Bertz CT molecular complexity index is 1180. The van der Waals surface area contributed by atoms with Crippen molar-refractivity contribution >= 4 is 10.9 Å². The summed E-state index contributed by atoms with van der Waals surface area (Å²) in [5.41, 5.74) is 0.823. The molecule has 2 aromatic rings. The number of aliphatic hydroxyl groups is 2. The second-order valence-corrected chi connectivity index (χ2v) is 13.3. The zero-order valence-corrected chi connectivity index (χ0v) is 22.0. The first kappa shape index (κ1) is 24.5. The van der Waals surface area contributed by atoms with Gasteiger partial charge in [0.2, 0.25) is 0 Å². The summed E-state index contributed by atoms with van der Waals surface area (Å²) in [6.07, 6.45) is 13.0. The van der Waals surface area contributed by atoms with E-state index in [1.54, 1.807) is 12.3 Å². The van der Waals surface area contributed by atoms with E-state index in [9.17, 15) is 15.0 Å². The Morgan fingerprint density at radius 2 is 1.86 bits per heavy atom. The highest BCUT2D eigenvalue weighted by atomic mass is 16.4. The Labute approximate surface area is 213 Å². The van der Waals surface area contributed by atoms with E-state index in [0.29, 0.717) is 58.7 Å². The molecule has 4 fully saturated rings. The second-order valence-electron chi connectivity index (χ2n) is 13.3. The molecule has 6 heteroatoms. The van der Waals surface area contributed by atoms with Gasteiger partial charge in [-0.2, -0.15) is 0 Å². The van der Waals surface area contributed by atoms with Gasteiger partial charge in [-0.1, -0.05) is 20.8 Å². The molecule has 0 aliphatic heterocycles. The lowest BCUT2D eigenvalue weighted by Crippen LogP contribution is -2.58. The fourth-order valence-corrected chi connectivity index (χ4v) is 9.80. The minimum atomic E-state index is -0.352. The molecule has 10 atom stereocenters. The van der Waals surface area contributed by atoms with Crippen LogP contribution >= 0.6 is 0 Å². The molecule has 0 aromatic carbocycles. The Hall–Kier alpha value is -1.79. The molecule has 0 amide bonds. The standard InChI is InChI=1S/C30H42N2O4/c1-17(4-7-26-32-24-10-13-31-16-20(24)28(35)36-26)21-5-6-22-27-23(9-12-30(21,22)3)29(2)11-8-19(33)14-18(29)15-25(27)34/h10,13,16-19,21-23,25,27,33-34H,4-9,11-12,14-15H2,1-3H3/t17-,18+,19-,21-,22+,23?,25-,27+,29+,30-/m1/s1. The minimum absolute atomic E-state index is 0.185. The number of hydrogen-bond acceptors (Lipinski definition) is 6. The largest absolute Gasteiger partial charge is 0.408 e. The van der Waals surface area contributed by atoms with Gasteiger partial charge in [-0.25, -0.2) is 9.78 Å². The normalized spacial score (nSPS) is 43.0. The number of nitrogens with zero attached hydrogens (tertiary/aromatic N) is 2. The van der Waals surface area contributed by atoms with Crippen molar-refractivity contribution in [1.29, 1.82) is 0 Å². The third-order valence-electron chi connectivity index (χ3n) is 11.7. The molecule has 4 saturated carbocycles. The minimum Gasteiger partial charge on any atom is -0.408 e. The molecule has 0 saturated heterocycles. The number of aryl methyl sites for hydroxylation is 1. The summed E-state index contributed by atoms with van der Waals surface area (Å²) < 4.78 is 5.53. The summed E-state index contributed by atoms with van der Waals surface area (Å²) in [5, 5.41) is 22.2. The van der Waals surface area contributed by atoms with Crippen LogP contribution < -0.4 is 5.63 Å². The molecule has 2 N–H and O–H groups in total. The third kappa shape index (κ3) is 3.77. The lowest BCUT2D eigenvalue weighted by atomic mass is 9.43. The van der Waals surface area contributed by atoms with Crippen LogP contribution in [0.2, 0.25) is 0 Å². The molecule has 4 aliphatic rings. The SMILES string of the molecule is C[C@H](CCc1nc2ccncc2c(=O)o1)[C@H]1CC[C@H]2[C@H]3C(CC[C@]12C)[C@@]1(C)CC[C@@H](O)C[C@H]1C[C@H]3O. The van der Waals surface area contributed by atoms with Crippen molar-refractivity contribution in [2.45, 2.75) is 97.2 Å². The van der Waals surface area contributed by atoms with Crippen molar-refractivity contribution in [3.8, 4) is 0 Å². The summed E-state index contributed by atoms with van der Waals surface area (Å²) in [4.78, 5) is 21.0. The van der Waals surface area contributed by atoms with E-state index >= 15 is 0 Å². The topological polar surface area (TPSA) is 96.5 Å². The summed E-state index contributed by atoms with van der Waals surface area (Å²) in [6.45, 7) is 7.35. The van der Waals surface area contributed by atoms with Gasteiger partial charge in [0.15, 0.2) is 5.89 Å². The number of fused-ring (bicyclic) bond motifs is 6. The summed E-state index contributed by atoms with van der Waals surface area (Å²) in [5.74, 6) is 3.65. The first-order chi connectivity index (χ1) is 17.2. The molecule has 0 spiro atoms. The quantitative estimate of drug-likeness (QED) is 0.611. The van der Waals surface area contributed by atoms with Gasteiger partial charge >= 0.3 is 5.63 Å². The van der Waals surface area contributed by atoms with Crippen LogP contribution in [-0.2, 0) is 6.42 Å². The molecule has 6 nitrogen and oxygen atoms in total. The molecular formula is C30H42N2O4. The van der Waals surface area contributed by atoms with Crippen molar-refractivity contribution in [2.75, 3.05) is 0 Å². The maximum atomic E-state index is 12.4. The molecular weight excluding hydrogens is 452 g/mol. The summed E-state index contributed by atoms with van der Waals surface area (Å²) >= 11 is 0. The van der Waals surface area contributed by atoms with Crippen molar-refractivity contribution in [3.05, 3.63) is 34.8 Å². The van der Waals surface area contributed by atoms with Gasteiger partial charge in [0.25, 0.3) is 0 Å². The average Bonchev–Trinajstić information content (AvgIpc) is 3.21. The Morgan fingerprint density at radius 3 is 2.69 bits per heavy atom. The Balaban J connectivity index is 1.18. The molecule has 2 aromatic heterocycles. The van der Waals surface area contributed by atoms with Crippen LogP contribution in [0.25, 0.3) is 10.9 Å². The van der Waals surface area contributed by atoms with E-state index in [2.05, 4.69) is 30.7 Å². The molecule has 0 bridgehead atoms. The number of aliphatic hydroxyl groups excluding tert-OH is 2. The van der Waals surface area contributed by atoms with Crippen LogP contribution in [0.5, 0.6) is 0 Å². The molecule has 2 heterocycles. The fourth-order valence-electron chi connectivity index (χ4n) is 9.80. The Morgan fingerprint density at radius 1 is 1.08 bits per heavy atom. The third-order valence-corrected chi connectivity index (χ3v) is 11.7. The fraction of sp³-hybridized carbons (Fsp3) is 0.767. The molecule has 6 rings (SSSR count). The number of rotatable bonds is 4. The van der Waals surface area contributed by atoms with Crippen LogP contribution in [0, 0.1) is 46.3 Å². The predicted octanol–water partition coefficient (Wildman–Crippen LogP) is 5.14.